The molecule has 2 aromatic rings. The van der Waals surface area contributed by atoms with Crippen molar-refractivity contribution in [3.05, 3.63) is 28.7 Å². The number of rotatable bonds is 5. The van der Waals surface area contributed by atoms with Gasteiger partial charge in [-0.05, 0) is 60.1 Å². The molecule has 28 heavy (non-hydrogen) atoms. The molecule has 152 valence electrons. The predicted octanol–water partition coefficient (Wildman–Crippen LogP) is 1.88. The molecular weight excluding hydrogens is 364 g/mol. The standard InChI is InChI=1S/C19H26N4O5/c1-18(2,3)27-16(25)12(17(26)28-19(4,5)6)9-11-23-15(24)14-13(21-22-23)8-7-10-20-14/h7-8,10,12H,9,11H2,1-6H3. The van der Waals surface area contributed by atoms with Crippen LogP contribution >= 0.6 is 0 Å². The molecule has 0 bridgehead atoms. The van der Waals surface area contributed by atoms with E-state index in [1.165, 1.54) is 6.20 Å². The highest BCUT2D eigenvalue weighted by molar-refractivity contribution is 5.95. The van der Waals surface area contributed by atoms with Gasteiger partial charge in [-0.3, -0.25) is 14.4 Å². The third kappa shape index (κ3) is 5.83. The number of aromatic nitrogens is 4. The Balaban J connectivity index is 2.25. The molecule has 0 aliphatic rings. The van der Waals surface area contributed by atoms with Crippen LogP contribution in [-0.2, 0) is 25.6 Å². The third-order valence-electron chi connectivity index (χ3n) is 3.50. The summed E-state index contributed by atoms with van der Waals surface area (Å²) >= 11 is 0. The largest absolute Gasteiger partial charge is 0.459 e. The zero-order chi connectivity index (χ0) is 21.1. The van der Waals surface area contributed by atoms with Crippen molar-refractivity contribution in [1.82, 2.24) is 20.0 Å². The lowest BCUT2D eigenvalue weighted by Crippen LogP contribution is -2.38. The quantitative estimate of drug-likeness (QED) is 0.562. The Hall–Kier alpha value is -2.84. The normalized spacial score (nSPS) is 12.2. The summed E-state index contributed by atoms with van der Waals surface area (Å²) in [6, 6.07) is 3.28. The second-order valence-electron chi connectivity index (χ2n) is 8.40. The Labute approximate surface area is 163 Å². The summed E-state index contributed by atoms with van der Waals surface area (Å²) in [5, 5.41) is 7.80. The Morgan fingerprint density at radius 3 is 2.18 bits per heavy atom. The van der Waals surface area contributed by atoms with E-state index in [-0.39, 0.29) is 18.5 Å². The number of nitrogens with zero attached hydrogens (tertiary/aromatic N) is 4. The summed E-state index contributed by atoms with van der Waals surface area (Å²) in [5.74, 6) is -2.60. The van der Waals surface area contributed by atoms with Crippen molar-refractivity contribution in [1.29, 1.82) is 0 Å². The smallest absolute Gasteiger partial charge is 0.320 e. The van der Waals surface area contributed by atoms with Gasteiger partial charge in [0.25, 0.3) is 5.56 Å². The number of carbonyl (C=O) groups excluding carboxylic acids is 2. The first-order chi connectivity index (χ1) is 12.9. The van der Waals surface area contributed by atoms with E-state index < -0.39 is 34.6 Å². The van der Waals surface area contributed by atoms with E-state index in [2.05, 4.69) is 15.3 Å². The van der Waals surface area contributed by atoms with Crippen molar-refractivity contribution in [3.63, 3.8) is 0 Å². The molecule has 2 rings (SSSR count). The van der Waals surface area contributed by atoms with Crippen LogP contribution in [-0.4, -0.2) is 43.1 Å². The number of aryl methyl sites for hydroxylation is 1. The van der Waals surface area contributed by atoms with Crippen LogP contribution in [0.25, 0.3) is 11.0 Å². The Morgan fingerprint density at radius 1 is 1.07 bits per heavy atom. The van der Waals surface area contributed by atoms with Gasteiger partial charge in [-0.2, -0.15) is 0 Å². The number of ether oxygens (including phenoxy) is 2. The van der Waals surface area contributed by atoms with Crippen LogP contribution < -0.4 is 5.56 Å². The van der Waals surface area contributed by atoms with Crippen LogP contribution in [0.15, 0.2) is 23.1 Å². The highest BCUT2D eigenvalue weighted by Crippen LogP contribution is 2.19. The Kier molecular flexibility index (Phi) is 6.16. The van der Waals surface area contributed by atoms with E-state index in [0.717, 1.165) is 4.68 Å². The molecule has 0 aromatic carbocycles. The summed E-state index contributed by atoms with van der Waals surface area (Å²) in [5.41, 5.74) is -1.43. The Morgan fingerprint density at radius 2 is 1.64 bits per heavy atom. The lowest BCUT2D eigenvalue weighted by molar-refractivity contribution is -0.174. The minimum absolute atomic E-state index is 0.0124. The van der Waals surface area contributed by atoms with E-state index in [9.17, 15) is 14.4 Å². The summed E-state index contributed by atoms with van der Waals surface area (Å²) in [6.07, 6.45) is 1.47. The van der Waals surface area contributed by atoms with Gasteiger partial charge >= 0.3 is 11.9 Å². The molecule has 0 aliphatic heterocycles. The molecule has 2 heterocycles. The van der Waals surface area contributed by atoms with E-state index in [1.54, 1.807) is 53.7 Å². The van der Waals surface area contributed by atoms with Crippen LogP contribution in [0.5, 0.6) is 0 Å². The zero-order valence-corrected chi connectivity index (χ0v) is 17.1. The first-order valence-electron chi connectivity index (χ1n) is 9.02. The van der Waals surface area contributed by atoms with Crippen molar-refractivity contribution in [3.8, 4) is 0 Å². The molecule has 9 nitrogen and oxygen atoms in total. The lowest BCUT2D eigenvalue weighted by Gasteiger charge is -2.26. The Bertz CT molecular complexity index is 896. The first kappa shape index (κ1) is 21.5. The van der Waals surface area contributed by atoms with E-state index >= 15 is 0 Å². The van der Waals surface area contributed by atoms with E-state index in [4.69, 9.17) is 9.47 Å². The molecule has 0 atom stereocenters. The summed E-state index contributed by atoms with van der Waals surface area (Å²) in [7, 11) is 0. The second kappa shape index (κ2) is 8.04. The highest BCUT2D eigenvalue weighted by atomic mass is 16.6. The fourth-order valence-corrected chi connectivity index (χ4v) is 2.38. The van der Waals surface area contributed by atoms with Gasteiger partial charge < -0.3 is 9.47 Å². The number of hydrogen-bond acceptors (Lipinski definition) is 8. The monoisotopic (exact) mass is 390 g/mol. The maximum atomic E-state index is 12.5. The van der Waals surface area contributed by atoms with Crippen molar-refractivity contribution >= 4 is 23.0 Å². The van der Waals surface area contributed by atoms with Crippen molar-refractivity contribution in [2.24, 2.45) is 5.92 Å². The maximum Gasteiger partial charge on any atom is 0.320 e. The lowest BCUT2D eigenvalue weighted by atomic mass is 10.0. The summed E-state index contributed by atoms with van der Waals surface area (Å²) in [4.78, 5) is 41.6. The van der Waals surface area contributed by atoms with Crippen LogP contribution in [0.2, 0.25) is 0 Å². The van der Waals surface area contributed by atoms with Crippen LogP contribution in [0, 0.1) is 5.92 Å². The first-order valence-corrected chi connectivity index (χ1v) is 9.02. The molecule has 0 amide bonds. The molecular formula is C19H26N4O5. The van der Waals surface area contributed by atoms with Crippen molar-refractivity contribution in [2.45, 2.75) is 65.7 Å². The van der Waals surface area contributed by atoms with Gasteiger partial charge in [0.2, 0.25) is 0 Å². The van der Waals surface area contributed by atoms with Gasteiger partial charge in [0.1, 0.15) is 16.7 Å². The predicted molar refractivity (Wildman–Crippen MR) is 101 cm³/mol. The van der Waals surface area contributed by atoms with Gasteiger partial charge in [-0.25, -0.2) is 9.67 Å². The molecule has 0 unspecified atom stereocenters. The van der Waals surface area contributed by atoms with Gasteiger partial charge in [0.05, 0.1) is 0 Å². The molecule has 0 N–H and O–H groups in total. The van der Waals surface area contributed by atoms with Crippen molar-refractivity contribution < 1.29 is 19.1 Å². The highest BCUT2D eigenvalue weighted by Gasteiger charge is 2.34. The SMILES string of the molecule is CC(C)(C)OC(=O)C(CCn1nnc2cccnc2c1=O)C(=O)OC(C)(C)C. The molecule has 0 radical (unpaired) electrons. The number of pyridine rings is 1. The average molecular weight is 390 g/mol. The molecule has 0 saturated carbocycles. The molecule has 0 fully saturated rings. The minimum atomic E-state index is -1.19. The number of esters is 2. The number of fused-ring (bicyclic) bond motifs is 1. The van der Waals surface area contributed by atoms with Gasteiger partial charge in [-0.1, -0.05) is 5.21 Å². The zero-order valence-electron chi connectivity index (χ0n) is 17.1. The van der Waals surface area contributed by atoms with Gasteiger partial charge in [0.15, 0.2) is 11.4 Å². The fraction of sp³-hybridized carbons (Fsp3) is 0.579. The van der Waals surface area contributed by atoms with Gasteiger partial charge in [-0.15, -0.1) is 5.10 Å². The van der Waals surface area contributed by atoms with E-state index in [1.807, 2.05) is 0 Å². The summed E-state index contributed by atoms with van der Waals surface area (Å²) in [6.45, 7) is 10.2. The molecule has 0 saturated heterocycles. The van der Waals surface area contributed by atoms with Crippen LogP contribution in [0.4, 0.5) is 0 Å². The summed E-state index contributed by atoms with van der Waals surface area (Å²) < 4.78 is 11.8. The minimum Gasteiger partial charge on any atom is -0.459 e. The maximum absolute atomic E-state index is 12.5. The molecule has 0 aliphatic carbocycles. The average Bonchev–Trinajstić information content (AvgIpc) is 2.54. The van der Waals surface area contributed by atoms with Crippen LogP contribution in [0.3, 0.4) is 0 Å². The number of hydrogen-bond donors (Lipinski definition) is 0. The topological polar surface area (TPSA) is 113 Å². The molecule has 0 spiro atoms. The molecule has 9 heteroatoms. The number of carbonyl (C=O) groups is 2. The van der Waals surface area contributed by atoms with Gasteiger partial charge in [0, 0.05) is 12.7 Å². The van der Waals surface area contributed by atoms with Crippen molar-refractivity contribution in [2.75, 3.05) is 0 Å². The van der Waals surface area contributed by atoms with E-state index in [0.29, 0.717) is 5.52 Å². The molecule has 2 aromatic heterocycles. The second-order valence-corrected chi connectivity index (χ2v) is 8.40. The van der Waals surface area contributed by atoms with Crippen LogP contribution in [0.1, 0.15) is 48.0 Å². The fourth-order valence-electron chi connectivity index (χ4n) is 2.38. The third-order valence-corrected chi connectivity index (χ3v) is 3.50.